The minimum Gasteiger partial charge on any atom is -0.475 e. The van der Waals surface area contributed by atoms with Gasteiger partial charge in [0.1, 0.15) is 49.3 Å². The van der Waals surface area contributed by atoms with Gasteiger partial charge in [0, 0.05) is 0 Å². The molecule has 0 aliphatic heterocycles. The van der Waals surface area contributed by atoms with Gasteiger partial charge in [-0.25, -0.2) is 9.59 Å². The smallest absolute Gasteiger partial charge is 0.371 e. The van der Waals surface area contributed by atoms with Gasteiger partial charge in [0.05, 0.1) is 13.2 Å². The number of carboxylic acid groups (broad SMARTS) is 2. The largest absolute Gasteiger partial charge is 0.475 e. The molecule has 0 aliphatic carbocycles. The molecule has 0 spiro atoms. The summed E-state index contributed by atoms with van der Waals surface area (Å²) in [5.41, 5.74) is 0. The predicted molar refractivity (Wildman–Crippen MR) is 107 cm³/mol. The van der Waals surface area contributed by atoms with E-state index < -0.39 is 80.3 Å². The molecule has 0 saturated heterocycles. The fraction of sp³-hybridized carbons (Fsp3) is 0.556. The van der Waals surface area contributed by atoms with E-state index in [0.717, 1.165) is 12.1 Å². The van der Waals surface area contributed by atoms with E-state index in [1.165, 1.54) is 0 Å². The van der Waals surface area contributed by atoms with Gasteiger partial charge in [-0.2, -0.15) is 0 Å². The predicted octanol–water partition coefficient (Wildman–Crippen LogP) is -6.08. The molecule has 17 nitrogen and oxygen atoms in total. The number of hydrogen-bond acceptors (Lipinski definition) is 15. The standard InChI is InChI=1S/2C6H12O6.C6H4O5/c2*7-1-3(9)5(11)6(12)4(10)2-8;7-5(8)3-1-2-4(11-3)6(9)10/h3,5-9,11-12H,1-2H2;1,3-6,8-12H,2H2;1-2H,(H,7,8)(H,9,10)/t3-,5-,6-;3-,4+,5+,6+;/m10./s1. The number of aliphatic hydroxyl groups is 10. The van der Waals surface area contributed by atoms with Gasteiger partial charge in [0.25, 0.3) is 0 Å². The van der Waals surface area contributed by atoms with E-state index >= 15 is 0 Å². The lowest BCUT2D eigenvalue weighted by molar-refractivity contribution is -0.142. The van der Waals surface area contributed by atoms with Crippen molar-refractivity contribution in [2.24, 2.45) is 0 Å². The monoisotopic (exact) mass is 516 g/mol. The number of Topliss-reactive ketones (excluding diaryl/α,β-unsaturated/α-hetero) is 1. The second kappa shape index (κ2) is 17.6. The summed E-state index contributed by atoms with van der Waals surface area (Å²) in [6.45, 7) is -2.45. The molecule has 17 heteroatoms. The van der Waals surface area contributed by atoms with Crippen LogP contribution in [0.2, 0.25) is 0 Å². The molecule has 0 bridgehead atoms. The number of aldehydes is 1. The first-order valence-electron chi connectivity index (χ1n) is 9.33. The highest BCUT2D eigenvalue weighted by molar-refractivity contribution is 5.89. The van der Waals surface area contributed by atoms with Crippen LogP contribution in [0.4, 0.5) is 0 Å². The maximum Gasteiger partial charge on any atom is 0.371 e. The van der Waals surface area contributed by atoms with Crippen molar-refractivity contribution in [1.29, 1.82) is 0 Å². The normalized spacial score (nSPS) is 16.5. The van der Waals surface area contributed by atoms with E-state index in [1.54, 1.807) is 0 Å². The van der Waals surface area contributed by atoms with E-state index in [4.69, 9.17) is 61.3 Å². The van der Waals surface area contributed by atoms with Crippen LogP contribution in [0.1, 0.15) is 21.1 Å². The summed E-state index contributed by atoms with van der Waals surface area (Å²) in [6, 6.07) is 2.18. The molecule has 0 aliphatic rings. The van der Waals surface area contributed by atoms with Gasteiger partial charge in [0.15, 0.2) is 12.1 Å². The van der Waals surface area contributed by atoms with Crippen LogP contribution < -0.4 is 0 Å². The van der Waals surface area contributed by atoms with Crippen molar-refractivity contribution in [3.63, 3.8) is 0 Å². The van der Waals surface area contributed by atoms with Gasteiger partial charge in [-0.15, -0.1) is 0 Å². The maximum absolute atomic E-state index is 10.5. The molecule has 0 radical (unpaired) electrons. The van der Waals surface area contributed by atoms with Crippen molar-refractivity contribution in [3.8, 4) is 0 Å². The van der Waals surface area contributed by atoms with E-state index in [0.29, 0.717) is 0 Å². The summed E-state index contributed by atoms with van der Waals surface area (Å²) in [6.07, 6.45) is -12.1. The summed E-state index contributed by atoms with van der Waals surface area (Å²) in [5.74, 6) is -4.31. The summed E-state index contributed by atoms with van der Waals surface area (Å²) < 4.78 is 4.41. The number of rotatable bonds is 12. The van der Waals surface area contributed by atoms with Gasteiger partial charge in [-0.05, 0) is 12.1 Å². The Balaban J connectivity index is 0. The molecule has 0 aromatic carbocycles. The molecular formula is C18H28O17. The van der Waals surface area contributed by atoms with Crippen LogP contribution in [0.5, 0.6) is 0 Å². The summed E-state index contributed by atoms with van der Waals surface area (Å²) in [7, 11) is 0. The molecule has 0 saturated carbocycles. The zero-order chi connectivity index (χ0) is 27.9. The Kier molecular flexibility index (Phi) is 17.2. The third-order valence-corrected chi connectivity index (χ3v) is 3.84. The molecule has 1 heterocycles. The number of ketones is 1. The number of carbonyl (C=O) groups excluding carboxylic acids is 2. The van der Waals surface area contributed by atoms with Crippen molar-refractivity contribution >= 4 is 24.0 Å². The van der Waals surface area contributed by atoms with E-state index in [1.807, 2.05) is 0 Å². The molecule has 1 aromatic rings. The van der Waals surface area contributed by atoms with Gasteiger partial charge >= 0.3 is 11.9 Å². The van der Waals surface area contributed by atoms with E-state index in [2.05, 4.69) is 4.42 Å². The van der Waals surface area contributed by atoms with Crippen LogP contribution in [-0.2, 0) is 9.59 Å². The fourth-order valence-corrected chi connectivity index (χ4v) is 1.79. The summed E-state index contributed by atoms with van der Waals surface area (Å²) in [4.78, 5) is 40.7. The number of aromatic carboxylic acids is 2. The number of aliphatic hydroxyl groups excluding tert-OH is 10. The maximum atomic E-state index is 10.5. The Bertz CT molecular complexity index is 748. The number of furan rings is 1. The molecule has 0 fully saturated rings. The minimum absolute atomic E-state index is 0.0258. The number of carboxylic acids is 2. The highest BCUT2D eigenvalue weighted by Gasteiger charge is 2.30. The zero-order valence-corrected chi connectivity index (χ0v) is 17.8. The molecule has 0 unspecified atom stereocenters. The zero-order valence-electron chi connectivity index (χ0n) is 17.8. The first-order valence-corrected chi connectivity index (χ1v) is 9.33. The Morgan fingerprint density at radius 3 is 1.43 bits per heavy atom. The first kappa shape index (κ1) is 34.3. The average Bonchev–Trinajstić information content (AvgIpc) is 3.36. The highest BCUT2D eigenvalue weighted by atomic mass is 16.4. The quantitative estimate of drug-likeness (QED) is 0.115. The van der Waals surface area contributed by atoms with Crippen molar-refractivity contribution in [2.75, 3.05) is 19.8 Å². The lowest BCUT2D eigenvalue weighted by Crippen LogP contribution is -2.46. The minimum atomic E-state index is -1.86. The third kappa shape index (κ3) is 12.4. The van der Waals surface area contributed by atoms with Crippen LogP contribution in [-0.4, -0.2) is 148 Å². The molecule has 0 amide bonds. The Labute approximate surface area is 196 Å². The SMILES string of the molecule is O=C(CO)[C@@H](O)[C@H](O)[C@H](O)CO.O=C(O)c1ccc(C(=O)O)o1.O=C[C@H](O)[C@@H](O)[C@H](O)[C@H](O)CO. The number of carbonyl (C=O) groups is 4. The third-order valence-electron chi connectivity index (χ3n) is 3.84. The summed E-state index contributed by atoms with van der Waals surface area (Å²) >= 11 is 0. The van der Waals surface area contributed by atoms with Crippen molar-refractivity contribution in [1.82, 2.24) is 0 Å². The van der Waals surface area contributed by atoms with Crippen LogP contribution in [0.3, 0.4) is 0 Å². The molecule has 202 valence electrons. The van der Waals surface area contributed by atoms with Crippen LogP contribution >= 0.6 is 0 Å². The second-order valence-electron chi connectivity index (χ2n) is 6.44. The van der Waals surface area contributed by atoms with Crippen LogP contribution in [0, 0.1) is 0 Å². The Morgan fingerprint density at radius 1 is 0.743 bits per heavy atom. The molecule has 35 heavy (non-hydrogen) atoms. The molecule has 7 atom stereocenters. The molecule has 1 rings (SSSR count). The number of hydrogen-bond donors (Lipinski definition) is 12. The van der Waals surface area contributed by atoms with Gasteiger partial charge < -0.3 is 70.5 Å². The van der Waals surface area contributed by atoms with Crippen LogP contribution in [0.15, 0.2) is 16.5 Å². The highest BCUT2D eigenvalue weighted by Crippen LogP contribution is 2.07. The molecule has 1 aromatic heterocycles. The van der Waals surface area contributed by atoms with Gasteiger partial charge in [0.2, 0.25) is 11.5 Å². The van der Waals surface area contributed by atoms with Gasteiger partial charge in [-0.1, -0.05) is 0 Å². The molecule has 12 N–H and O–H groups in total. The van der Waals surface area contributed by atoms with Crippen LogP contribution in [0.25, 0.3) is 0 Å². The lowest BCUT2D eigenvalue weighted by Gasteiger charge is -2.22. The van der Waals surface area contributed by atoms with E-state index in [-0.39, 0.29) is 17.8 Å². The lowest BCUT2D eigenvalue weighted by atomic mass is 10.0. The molecular weight excluding hydrogens is 488 g/mol. The van der Waals surface area contributed by atoms with Crippen molar-refractivity contribution in [3.05, 3.63) is 23.7 Å². The van der Waals surface area contributed by atoms with Gasteiger partial charge in [-0.3, -0.25) is 4.79 Å². The topological polar surface area (TPSA) is 324 Å². The average molecular weight is 516 g/mol. The Morgan fingerprint density at radius 2 is 1.14 bits per heavy atom. The summed E-state index contributed by atoms with van der Waals surface area (Å²) in [5, 5.41) is 103. The van der Waals surface area contributed by atoms with Crippen molar-refractivity contribution in [2.45, 2.75) is 42.7 Å². The Hall–Kier alpha value is -2.84. The second-order valence-corrected chi connectivity index (χ2v) is 6.44. The van der Waals surface area contributed by atoms with Crippen molar-refractivity contribution < 1.29 is 84.9 Å². The fourth-order valence-electron chi connectivity index (χ4n) is 1.79. The first-order chi connectivity index (χ1) is 16.2. The van der Waals surface area contributed by atoms with E-state index in [9.17, 15) is 19.2 Å².